The van der Waals surface area contributed by atoms with Crippen molar-refractivity contribution in [1.82, 2.24) is 10.0 Å². The second-order valence-electron chi connectivity index (χ2n) is 8.62. The van der Waals surface area contributed by atoms with E-state index in [4.69, 9.17) is 21.1 Å². The number of fused-ring (bicyclic) bond motifs is 1. The number of carbonyl (C=O) groups is 1. The lowest BCUT2D eigenvalue weighted by Crippen LogP contribution is -2.31. The first-order chi connectivity index (χ1) is 15.1. The topological polar surface area (TPSA) is 93.7 Å². The zero-order chi connectivity index (χ0) is 23.4. The van der Waals surface area contributed by atoms with Gasteiger partial charge in [0.1, 0.15) is 13.2 Å². The van der Waals surface area contributed by atoms with Crippen LogP contribution in [0, 0.1) is 0 Å². The molecule has 0 aromatic heterocycles. The molecule has 1 aliphatic rings. The molecule has 0 aliphatic carbocycles. The predicted molar refractivity (Wildman–Crippen MR) is 124 cm³/mol. The highest BCUT2D eigenvalue weighted by atomic mass is 35.5. The number of nitrogens with one attached hydrogen (secondary N) is 2. The molecule has 1 amide bonds. The first-order valence-electron chi connectivity index (χ1n) is 10.5. The number of hydrogen-bond acceptors (Lipinski definition) is 5. The van der Waals surface area contributed by atoms with Crippen molar-refractivity contribution < 1.29 is 22.7 Å². The summed E-state index contributed by atoms with van der Waals surface area (Å²) in [5.74, 6) is 0.917. The van der Waals surface area contributed by atoms with Crippen LogP contribution in [0.4, 0.5) is 0 Å². The molecule has 3 rings (SSSR count). The van der Waals surface area contributed by atoms with Gasteiger partial charge in [-0.25, -0.2) is 13.1 Å². The summed E-state index contributed by atoms with van der Waals surface area (Å²) in [4.78, 5) is 12.3. The minimum absolute atomic E-state index is 0.0189. The SMILES string of the molecule is CC(C)(C)c1ccc(S(=O)(=O)NCCC(=O)NCCc2cc(Cl)c3c(c2)OCCO3)cc1. The number of carbonyl (C=O) groups excluding carboxylic acids is 1. The molecule has 0 fully saturated rings. The Morgan fingerprint density at radius 2 is 1.75 bits per heavy atom. The zero-order valence-corrected chi connectivity index (χ0v) is 20.1. The second kappa shape index (κ2) is 10.1. The third-order valence-electron chi connectivity index (χ3n) is 5.07. The Morgan fingerprint density at radius 1 is 1.06 bits per heavy atom. The molecular weight excluding hydrogens is 452 g/mol. The number of ether oxygens (including phenoxy) is 2. The van der Waals surface area contributed by atoms with E-state index in [1.54, 1.807) is 18.2 Å². The highest BCUT2D eigenvalue weighted by molar-refractivity contribution is 7.89. The molecule has 2 aromatic rings. The summed E-state index contributed by atoms with van der Waals surface area (Å²) in [5.41, 5.74) is 1.91. The van der Waals surface area contributed by atoms with Gasteiger partial charge in [0.15, 0.2) is 11.5 Å². The van der Waals surface area contributed by atoms with Crippen molar-refractivity contribution >= 4 is 27.5 Å². The van der Waals surface area contributed by atoms with Crippen LogP contribution in [0.2, 0.25) is 5.02 Å². The fourth-order valence-electron chi connectivity index (χ4n) is 3.26. The molecule has 0 atom stereocenters. The van der Waals surface area contributed by atoms with Crippen LogP contribution in [-0.4, -0.2) is 40.6 Å². The maximum atomic E-state index is 12.4. The standard InChI is InChI=1S/C23H29ClN2O5S/c1-23(2,3)17-4-6-18(7-5-17)32(28,29)26-11-9-21(27)25-10-8-16-14-19(24)22-20(15-16)30-12-13-31-22/h4-7,14-15,26H,8-13H2,1-3H3,(H,25,27). The van der Waals surface area contributed by atoms with Gasteiger partial charge in [-0.2, -0.15) is 0 Å². The molecule has 2 N–H and O–H groups in total. The van der Waals surface area contributed by atoms with Gasteiger partial charge in [0.05, 0.1) is 9.92 Å². The molecule has 2 aromatic carbocycles. The fraction of sp³-hybridized carbons (Fsp3) is 0.435. The first-order valence-corrected chi connectivity index (χ1v) is 12.4. The molecule has 0 spiro atoms. The van der Waals surface area contributed by atoms with Crippen LogP contribution >= 0.6 is 11.6 Å². The van der Waals surface area contributed by atoms with Gasteiger partial charge < -0.3 is 14.8 Å². The Kier molecular flexibility index (Phi) is 7.69. The van der Waals surface area contributed by atoms with E-state index in [-0.39, 0.29) is 29.2 Å². The van der Waals surface area contributed by atoms with Crippen LogP contribution in [0.25, 0.3) is 0 Å². The van der Waals surface area contributed by atoms with Crippen molar-refractivity contribution in [2.24, 2.45) is 0 Å². The summed E-state index contributed by atoms with van der Waals surface area (Å²) in [6.07, 6.45) is 0.606. The summed E-state index contributed by atoms with van der Waals surface area (Å²) < 4.78 is 38.4. The van der Waals surface area contributed by atoms with E-state index < -0.39 is 10.0 Å². The van der Waals surface area contributed by atoms with Gasteiger partial charge >= 0.3 is 0 Å². The number of sulfonamides is 1. The normalized spacial score (nSPS) is 13.6. The van der Waals surface area contributed by atoms with Gasteiger partial charge in [0.2, 0.25) is 15.9 Å². The summed E-state index contributed by atoms with van der Waals surface area (Å²) in [6.45, 7) is 7.55. The lowest BCUT2D eigenvalue weighted by molar-refractivity contribution is -0.120. The van der Waals surface area contributed by atoms with Crippen molar-refractivity contribution in [2.45, 2.75) is 43.9 Å². The lowest BCUT2D eigenvalue weighted by atomic mass is 9.87. The zero-order valence-electron chi connectivity index (χ0n) is 18.5. The monoisotopic (exact) mass is 480 g/mol. The third kappa shape index (κ3) is 6.37. The molecule has 0 bridgehead atoms. The van der Waals surface area contributed by atoms with Gasteiger partial charge in [-0.05, 0) is 47.2 Å². The maximum Gasteiger partial charge on any atom is 0.240 e. The van der Waals surface area contributed by atoms with Crippen molar-refractivity contribution in [1.29, 1.82) is 0 Å². The first kappa shape index (κ1) is 24.4. The van der Waals surface area contributed by atoms with Crippen molar-refractivity contribution in [3.63, 3.8) is 0 Å². The van der Waals surface area contributed by atoms with E-state index >= 15 is 0 Å². The van der Waals surface area contributed by atoms with Crippen LogP contribution in [0.5, 0.6) is 11.5 Å². The highest BCUT2D eigenvalue weighted by Crippen LogP contribution is 2.38. The highest BCUT2D eigenvalue weighted by Gasteiger charge is 2.18. The molecule has 1 aliphatic heterocycles. The fourth-order valence-corrected chi connectivity index (χ4v) is 4.58. The quantitative estimate of drug-likeness (QED) is 0.603. The number of rotatable bonds is 8. The molecule has 174 valence electrons. The van der Waals surface area contributed by atoms with Crippen LogP contribution < -0.4 is 19.5 Å². The Labute approximate surface area is 194 Å². The minimum Gasteiger partial charge on any atom is -0.486 e. The van der Waals surface area contributed by atoms with Gasteiger partial charge in [0.25, 0.3) is 0 Å². The Morgan fingerprint density at radius 3 is 2.44 bits per heavy atom. The predicted octanol–water partition coefficient (Wildman–Crippen LogP) is 3.44. The van der Waals surface area contributed by atoms with Gasteiger partial charge in [-0.15, -0.1) is 0 Å². The molecule has 32 heavy (non-hydrogen) atoms. The Hall–Kier alpha value is -2.29. The number of amides is 1. The van der Waals surface area contributed by atoms with Gasteiger partial charge in [-0.3, -0.25) is 4.79 Å². The second-order valence-corrected chi connectivity index (χ2v) is 10.8. The molecular formula is C23H29ClN2O5S. The maximum absolute atomic E-state index is 12.4. The van der Waals surface area contributed by atoms with Crippen molar-refractivity contribution in [3.8, 4) is 11.5 Å². The van der Waals surface area contributed by atoms with E-state index in [0.29, 0.717) is 42.7 Å². The van der Waals surface area contributed by atoms with E-state index in [1.165, 1.54) is 0 Å². The van der Waals surface area contributed by atoms with Crippen LogP contribution in [0.3, 0.4) is 0 Å². The molecule has 1 heterocycles. The van der Waals surface area contributed by atoms with E-state index in [1.807, 2.05) is 18.2 Å². The van der Waals surface area contributed by atoms with Crippen molar-refractivity contribution in [3.05, 3.63) is 52.5 Å². The van der Waals surface area contributed by atoms with Gasteiger partial charge in [-0.1, -0.05) is 44.5 Å². The molecule has 7 nitrogen and oxygen atoms in total. The molecule has 0 radical (unpaired) electrons. The van der Waals surface area contributed by atoms with E-state index in [2.05, 4.69) is 30.8 Å². The summed E-state index contributed by atoms with van der Waals surface area (Å²) in [5, 5.41) is 3.27. The molecule has 0 saturated heterocycles. The van der Waals surface area contributed by atoms with Gasteiger partial charge in [0, 0.05) is 19.5 Å². The number of halogens is 1. The molecule has 0 saturated carbocycles. The largest absolute Gasteiger partial charge is 0.486 e. The number of hydrogen-bond donors (Lipinski definition) is 2. The van der Waals surface area contributed by atoms with E-state index in [0.717, 1.165) is 11.1 Å². The Bertz CT molecular complexity index is 1060. The minimum atomic E-state index is -3.67. The Balaban J connectivity index is 1.44. The smallest absolute Gasteiger partial charge is 0.240 e. The van der Waals surface area contributed by atoms with Crippen LogP contribution in [0.1, 0.15) is 38.3 Å². The third-order valence-corrected chi connectivity index (χ3v) is 6.82. The van der Waals surface area contributed by atoms with Crippen LogP contribution in [0.15, 0.2) is 41.3 Å². The summed E-state index contributed by atoms with van der Waals surface area (Å²) >= 11 is 6.22. The van der Waals surface area contributed by atoms with E-state index in [9.17, 15) is 13.2 Å². The molecule has 9 heteroatoms. The van der Waals surface area contributed by atoms with Crippen LogP contribution in [-0.2, 0) is 26.7 Å². The molecule has 0 unspecified atom stereocenters. The van der Waals surface area contributed by atoms with Crippen molar-refractivity contribution in [2.75, 3.05) is 26.3 Å². The summed E-state index contributed by atoms with van der Waals surface area (Å²) in [7, 11) is -3.67. The average molecular weight is 481 g/mol. The lowest BCUT2D eigenvalue weighted by Gasteiger charge is -2.20. The number of benzene rings is 2. The summed E-state index contributed by atoms with van der Waals surface area (Å²) in [6, 6.07) is 10.4. The average Bonchev–Trinajstić information content (AvgIpc) is 2.73.